The number of nitrogens with one attached hydrogen (secondary N) is 2. The summed E-state index contributed by atoms with van der Waals surface area (Å²) in [5.41, 5.74) is 8.08. The molecule has 0 radical (unpaired) electrons. The number of benzene rings is 2. The maximum Gasteiger partial charge on any atom is 0.226 e. The fourth-order valence-electron chi connectivity index (χ4n) is 2.51. The molecule has 1 atom stereocenters. The predicted octanol–water partition coefficient (Wildman–Crippen LogP) is 2.54. The van der Waals surface area contributed by atoms with Crippen LogP contribution in [0.25, 0.3) is 0 Å². The van der Waals surface area contributed by atoms with E-state index in [2.05, 4.69) is 10.6 Å². The molecule has 2 rings (SSSR count). The fourth-order valence-corrected chi connectivity index (χ4v) is 2.51. The summed E-state index contributed by atoms with van der Waals surface area (Å²) < 4.78 is 5.41. The third-order valence-corrected chi connectivity index (χ3v) is 3.77. The van der Waals surface area contributed by atoms with Gasteiger partial charge in [0.2, 0.25) is 11.8 Å². The van der Waals surface area contributed by atoms with Crippen molar-refractivity contribution in [2.24, 2.45) is 5.73 Å². The minimum Gasteiger partial charge on any atom is -0.492 e. The van der Waals surface area contributed by atoms with Crippen LogP contribution >= 0.6 is 0 Å². The number of aryl methyl sites for hydroxylation is 1. The van der Waals surface area contributed by atoms with Crippen LogP contribution in [0.5, 0.6) is 5.75 Å². The van der Waals surface area contributed by atoms with Gasteiger partial charge in [0, 0.05) is 19.2 Å². The van der Waals surface area contributed by atoms with Crippen LogP contribution in [0.4, 0.5) is 5.69 Å². The van der Waals surface area contributed by atoms with E-state index in [0.29, 0.717) is 24.6 Å². The topological polar surface area (TPSA) is 93.5 Å². The van der Waals surface area contributed by atoms with Gasteiger partial charge in [0.25, 0.3) is 0 Å². The van der Waals surface area contributed by atoms with Gasteiger partial charge in [-0.25, -0.2) is 0 Å². The highest BCUT2D eigenvalue weighted by Crippen LogP contribution is 2.20. The first-order valence-corrected chi connectivity index (χ1v) is 8.54. The molecule has 0 spiro atoms. The van der Waals surface area contributed by atoms with Crippen LogP contribution in [0.2, 0.25) is 0 Å². The number of ether oxygens (including phenoxy) is 1. The van der Waals surface area contributed by atoms with E-state index in [1.54, 1.807) is 24.3 Å². The van der Waals surface area contributed by atoms with Crippen LogP contribution < -0.4 is 21.1 Å². The molecular formula is C20H25N3O3. The lowest BCUT2D eigenvalue weighted by atomic mass is 10.0. The van der Waals surface area contributed by atoms with Crippen LogP contribution in [-0.2, 0) is 9.59 Å². The second kappa shape index (κ2) is 9.58. The molecule has 138 valence electrons. The summed E-state index contributed by atoms with van der Waals surface area (Å²) >= 11 is 0. The van der Waals surface area contributed by atoms with Crippen molar-refractivity contribution < 1.29 is 14.3 Å². The van der Waals surface area contributed by atoms with E-state index in [9.17, 15) is 9.59 Å². The Balaban J connectivity index is 2.00. The molecule has 0 heterocycles. The summed E-state index contributed by atoms with van der Waals surface area (Å²) in [5.74, 6) is 0.342. The molecule has 6 heteroatoms. The number of hydrogen-bond donors (Lipinski definition) is 3. The molecule has 6 nitrogen and oxygen atoms in total. The predicted molar refractivity (Wildman–Crippen MR) is 102 cm³/mol. The van der Waals surface area contributed by atoms with Gasteiger partial charge in [-0.1, -0.05) is 29.8 Å². The maximum absolute atomic E-state index is 12.4. The zero-order valence-electron chi connectivity index (χ0n) is 15.1. The van der Waals surface area contributed by atoms with Gasteiger partial charge in [0.15, 0.2) is 0 Å². The molecule has 0 saturated heterocycles. The number of carbonyl (C=O) groups excluding carboxylic acids is 2. The highest BCUT2D eigenvalue weighted by molar-refractivity contribution is 5.91. The number of nitrogens with two attached hydrogens (primary N) is 1. The van der Waals surface area contributed by atoms with Crippen molar-refractivity contribution >= 4 is 17.5 Å². The van der Waals surface area contributed by atoms with Crippen molar-refractivity contribution in [1.29, 1.82) is 0 Å². The third-order valence-electron chi connectivity index (χ3n) is 3.77. The molecule has 0 aliphatic carbocycles. The van der Waals surface area contributed by atoms with Gasteiger partial charge in [-0.2, -0.15) is 0 Å². The quantitative estimate of drug-likeness (QED) is 0.678. The van der Waals surface area contributed by atoms with E-state index >= 15 is 0 Å². The molecule has 2 aromatic rings. The lowest BCUT2D eigenvalue weighted by molar-refractivity contribution is -0.120. The first-order chi connectivity index (χ1) is 12.5. The molecule has 26 heavy (non-hydrogen) atoms. The molecule has 2 amide bonds. The Morgan fingerprint density at radius 2 is 1.73 bits per heavy atom. The number of carbonyl (C=O) groups is 2. The Bertz CT molecular complexity index is 727. The second-order valence-corrected chi connectivity index (χ2v) is 6.08. The molecule has 0 fully saturated rings. The molecule has 0 aliphatic heterocycles. The standard InChI is InChI=1S/C20H25N3O3/c1-14-3-5-16(6-4-14)19(22-15(2)24)13-20(25)23-17-7-9-18(10-8-17)26-12-11-21/h3-10,19H,11-13,21H2,1-2H3,(H,22,24)(H,23,25). The molecule has 0 aliphatic rings. The first-order valence-electron chi connectivity index (χ1n) is 8.54. The molecule has 2 aromatic carbocycles. The van der Waals surface area contributed by atoms with Crippen molar-refractivity contribution in [3.8, 4) is 5.75 Å². The Hall–Kier alpha value is -2.86. The SMILES string of the molecule is CC(=O)NC(CC(=O)Nc1ccc(OCCN)cc1)c1ccc(C)cc1. The molecule has 1 unspecified atom stereocenters. The average Bonchev–Trinajstić information content (AvgIpc) is 2.61. The molecule has 0 bridgehead atoms. The fraction of sp³-hybridized carbons (Fsp3) is 0.300. The van der Waals surface area contributed by atoms with Gasteiger partial charge in [-0.3, -0.25) is 9.59 Å². The zero-order valence-corrected chi connectivity index (χ0v) is 15.1. The highest BCUT2D eigenvalue weighted by Gasteiger charge is 2.17. The van der Waals surface area contributed by atoms with Gasteiger partial charge in [-0.05, 0) is 36.8 Å². The Morgan fingerprint density at radius 3 is 2.31 bits per heavy atom. The van der Waals surface area contributed by atoms with Gasteiger partial charge >= 0.3 is 0 Å². The van der Waals surface area contributed by atoms with Crippen LogP contribution in [0, 0.1) is 6.92 Å². The monoisotopic (exact) mass is 355 g/mol. The van der Waals surface area contributed by atoms with Gasteiger partial charge in [0.05, 0.1) is 12.5 Å². The molecule has 4 N–H and O–H groups in total. The van der Waals surface area contributed by atoms with Gasteiger partial charge < -0.3 is 21.1 Å². The summed E-state index contributed by atoms with van der Waals surface area (Å²) in [6.07, 6.45) is 0.147. The average molecular weight is 355 g/mol. The maximum atomic E-state index is 12.4. The lowest BCUT2D eigenvalue weighted by Gasteiger charge is -2.18. The molecule has 0 saturated carbocycles. The molecular weight excluding hydrogens is 330 g/mol. The molecule has 0 aromatic heterocycles. The van der Waals surface area contributed by atoms with Crippen LogP contribution in [0.3, 0.4) is 0 Å². The number of rotatable bonds is 8. The van der Waals surface area contributed by atoms with Gasteiger partial charge in [0.1, 0.15) is 12.4 Å². The first kappa shape index (κ1) is 19.5. The van der Waals surface area contributed by atoms with Crippen LogP contribution in [0.1, 0.15) is 30.5 Å². The van der Waals surface area contributed by atoms with E-state index in [1.165, 1.54) is 6.92 Å². The zero-order chi connectivity index (χ0) is 18.9. The van der Waals surface area contributed by atoms with Crippen molar-refractivity contribution in [3.63, 3.8) is 0 Å². The Morgan fingerprint density at radius 1 is 1.08 bits per heavy atom. The van der Waals surface area contributed by atoms with E-state index in [4.69, 9.17) is 10.5 Å². The van der Waals surface area contributed by atoms with Crippen LogP contribution in [-0.4, -0.2) is 25.0 Å². The second-order valence-electron chi connectivity index (χ2n) is 6.08. The summed E-state index contributed by atoms with van der Waals surface area (Å²) in [5, 5.41) is 5.67. The number of anilines is 1. The van der Waals surface area contributed by atoms with E-state index in [1.807, 2.05) is 31.2 Å². The normalized spacial score (nSPS) is 11.5. The van der Waals surface area contributed by atoms with Crippen LogP contribution in [0.15, 0.2) is 48.5 Å². The third kappa shape index (κ3) is 6.22. The minimum atomic E-state index is -0.375. The summed E-state index contributed by atoms with van der Waals surface area (Å²) in [4.78, 5) is 23.9. The van der Waals surface area contributed by atoms with Crippen molar-refractivity contribution in [2.75, 3.05) is 18.5 Å². The van der Waals surface area contributed by atoms with E-state index < -0.39 is 0 Å². The highest BCUT2D eigenvalue weighted by atomic mass is 16.5. The number of amides is 2. The van der Waals surface area contributed by atoms with Crippen molar-refractivity contribution in [3.05, 3.63) is 59.7 Å². The summed E-state index contributed by atoms with van der Waals surface area (Å²) in [6, 6.07) is 14.5. The summed E-state index contributed by atoms with van der Waals surface area (Å²) in [6.45, 7) is 4.33. The van der Waals surface area contributed by atoms with Crippen molar-refractivity contribution in [2.45, 2.75) is 26.3 Å². The Labute approximate surface area is 153 Å². The minimum absolute atomic E-state index is 0.147. The Kier molecular flexibility index (Phi) is 7.17. The van der Waals surface area contributed by atoms with E-state index in [0.717, 1.165) is 11.1 Å². The largest absolute Gasteiger partial charge is 0.492 e. The summed E-state index contributed by atoms with van der Waals surface area (Å²) in [7, 11) is 0. The smallest absolute Gasteiger partial charge is 0.226 e. The van der Waals surface area contributed by atoms with E-state index in [-0.39, 0.29) is 24.3 Å². The number of hydrogen-bond acceptors (Lipinski definition) is 4. The van der Waals surface area contributed by atoms with Crippen molar-refractivity contribution in [1.82, 2.24) is 5.32 Å². The van der Waals surface area contributed by atoms with Gasteiger partial charge in [-0.15, -0.1) is 0 Å². The lowest BCUT2D eigenvalue weighted by Crippen LogP contribution is -2.29.